The first-order chi connectivity index (χ1) is 10.3. The van der Waals surface area contributed by atoms with Crippen molar-refractivity contribution in [1.29, 1.82) is 0 Å². The van der Waals surface area contributed by atoms with Crippen LogP contribution in [0.3, 0.4) is 0 Å². The third-order valence-corrected chi connectivity index (χ3v) is 3.77. The predicted octanol–water partition coefficient (Wildman–Crippen LogP) is 2.55. The molecule has 0 fully saturated rings. The van der Waals surface area contributed by atoms with Crippen molar-refractivity contribution in [2.45, 2.75) is 18.6 Å². The summed E-state index contributed by atoms with van der Waals surface area (Å²) in [5.74, 6) is 7.21. The molecule has 0 saturated heterocycles. The van der Waals surface area contributed by atoms with Crippen LogP contribution in [0.5, 0.6) is 11.5 Å². The van der Waals surface area contributed by atoms with Gasteiger partial charge in [-0.2, -0.15) is 0 Å². The Balaban J connectivity index is 1.73. The molecule has 0 aliphatic carbocycles. The quantitative estimate of drug-likeness (QED) is 0.673. The molecule has 5 heteroatoms. The molecule has 0 amide bonds. The van der Waals surface area contributed by atoms with Crippen LogP contribution in [0.4, 0.5) is 0 Å². The van der Waals surface area contributed by atoms with Crippen molar-refractivity contribution in [2.24, 2.45) is 5.84 Å². The second-order valence-corrected chi connectivity index (χ2v) is 5.46. The number of nitrogens with one attached hydrogen (secondary N) is 1. The molecule has 2 aromatic rings. The average Bonchev–Trinajstić information content (AvgIpc) is 2.52. The summed E-state index contributed by atoms with van der Waals surface area (Å²) in [4.78, 5) is 0. The van der Waals surface area contributed by atoms with E-state index in [0.717, 1.165) is 22.1 Å². The maximum Gasteiger partial charge on any atom is 0.161 e. The van der Waals surface area contributed by atoms with Crippen LogP contribution in [0.25, 0.3) is 0 Å². The lowest BCUT2D eigenvalue weighted by Gasteiger charge is -2.32. The minimum Gasteiger partial charge on any atom is -0.486 e. The zero-order valence-electron chi connectivity index (χ0n) is 11.5. The number of para-hydroxylation sites is 2. The van der Waals surface area contributed by atoms with Gasteiger partial charge in [-0.05, 0) is 36.2 Å². The number of hydrazine groups is 1. The number of hydrogen-bond acceptors (Lipinski definition) is 4. The number of fused-ring (bicyclic) bond motifs is 1. The number of benzene rings is 2. The lowest BCUT2D eigenvalue weighted by molar-refractivity contribution is 0.0620. The molecule has 1 heterocycles. The second kappa shape index (κ2) is 6.35. The van der Waals surface area contributed by atoms with Crippen LogP contribution in [-0.2, 0) is 6.42 Å². The molecule has 4 nitrogen and oxygen atoms in total. The van der Waals surface area contributed by atoms with Crippen molar-refractivity contribution in [1.82, 2.24) is 5.43 Å². The van der Waals surface area contributed by atoms with Crippen LogP contribution in [0.15, 0.2) is 48.5 Å². The molecular weight excluding hydrogens is 288 g/mol. The Hall–Kier alpha value is -1.75. The molecule has 1 aliphatic rings. The molecule has 21 heavy (non-hydrogen) atoms. The molecule has 0 radical (unpaired) electrons. The fraction of sp³-hybridized carbons (Fsp3) is 0.250. The molecule has 0 saturated carbocycles. The molecule has 1 aliphatic heterocycles. The Morgan fingerprint density at radius 3 is 2.76 bits per heavy atom. The van der Waals surface area contributed by atoms with Gasteiger partial charge in [0.1, 0.15) is 12.7 Å². The van der Waals surface area contributed by atoms with Gasteiger partial charge in [-0.1, -0.05) is 35.9 Å². The summed E-state index contributed by atoms with van der Waals surface area (Å²) in [6.45, 7) is 0.465. The van der Waals surface area contributed by atoms with Crippen LogP contribution in [0.1, 0.15) is 5.56 Å². The maximum atomic E-state index is 6.02. The van der Waals surface area contributed by atoms with E-state index in [2.05, 4.69) is 5.43 Å². The molecule has 0 bridgehead atoms. The van der Waals surface area contributed by atoms with Gasteiger partial charge in [0, 0.05) is 5.02 Å². The predicted molar refractivity (Wildman–Crippen MR) is 82.6 cm³/mol. The normalized spacial score (nSPS) is 18.3. The molecule has 3 rings (SSSR count). The second-order valence-electron chi connectivity index (χ2n) is 5.02. The highest BCUT2D eigenvalue weighted by molar-refractivity contribution is 6.30. The highest BCUT2D eigenvalue weighted by Gasteiger charge is 2.28. The largest absolute Gasteiger partial charge is 0.486 e. The maximum absolute atomic E-state index is 6.02. The van der Waals surface area contributed by atoms with Gasteiger partial charge < -0.3 is 9.47 Å². The fourth-order valence-corrected chi connectivity index (χ4v) is 2.66. The summed E-state index contributed by atoms with van der Waals surface area (Å²) in [6.07, 6.45) is 0.566. The van der Waals surface area contributed by atoms with E-state index in [-0.39, 0.29) is 12.1 Å². The van der Waals surface area contributed by atoms with E-state index in [1.165, 1.54) is 0 Å². The molecule has 3 N–H and O–H groups in total. The van der Waals surface area contributed by atoms with Gasteiger partial charge in [0.25, 0.3) is 0 Å². The Labute approximate surface area is 128 Å². The van der Waals surface area contributed by atoms with E-state index in [1.54, 1.807) is 0 Å². The van der Waals surface area contributed by atoms with Gasteiger partial charge >= 0.3 is 0 Å². The summed E-state index contributed by atoms with van der Waals surface area (Å²) in [5, 5.41) is 0.717. The average molecular weight is 305 g/mol. The lowest BCUT2D eigenvalue weighted by atomic mass is 10.0. The topological polar surface area (TPSA) is 56.5 Å². The van der Waals surface area contributed by atoms with E-state index in [0.29, 0.717) is 13.0 Å². The lowest BCUT2D eigenvalue weighted by Crippen LogP contribution is -2.51. The number of rotatable bonds is 4. The zero-order chi connectivity index (χ0) is 14.7. The SMILES string of the molecule is NNC(Cc1cccc(Cl)c1)C1COc2ccccc2O1. The van der Waals surface area contributed by atoms with Gasteiger partial charge in [-0.3, -0.25) is 11.3 Å². The van der Waals surface area contributed by atoms with Gasteiger partial charge in [0.05, 0.1) is 6.04 Å². The number of hydrogen-bond donors (Lipinski definition) is 2. The van der Waals surface area contributed by atoms with Crippen molar-refractivity contribution in [3.05, 3.63) is 59.1 Å². The Morgan fingerprint density at radius 2 is 2.00 bits per heavy atom. The van der Waals surface area contributed by atoms with Crippen LogP contribution >= 0.6 is 11.6 Å². The Kier molecular flexibility index (Phi) is 4.29. The molecule has 0 spiro atoms. The molecule has 0 aromatic heterocycles. The Bertz CT molecular complexity index is 621. The molecule has 2 unspecified atom stereocenters. The van der Waals surface area contributed by atoms with E-state index in [4.69, 9.17) is 26.9 Å². The Morgan fingerprint density at radius 1 is 1.19 bits per heavy atom. The summed E-state index contributed by atoms with van der Waals surface area (Å²) in [7, 11) is 0. The van der Waals surface area contributed by atoms with E-state index in [9.17, 15) is 0 Å². The first-order valence-corrected chi connectivity index (χ1v) is 7.23. The van der Waals surface area contributed by atoms with Crippen molar-refractivity contribution in [3.63, 3.8) is 0 Å². The summed E-state index contributed by atoms with van der Waals surface area (Å²) < 4.78 is 11.7. The van der Waals surface area contributed by atoms with Crippen molar-refractivity contribution >= 4 is 11.6 Å². The number of halogens is 1. The summed E-state index contributed by atoms with van der Waals surface area (Å²) >= 11 is 6.02. The first kappa shape index (κ1) is 14.2. The van der Waals surface area contributed by atoms with Gasteiger partial charge in [-0.25, -0.2) is 0 Å². The van der Waals surface area contributed by atoms with Crippen molar-refractivity contribution < 1.29 is 9.47 Å². The van der Waals surface area contributed by atoms with Gasteiger partial charge in [0.2, 0.25) is 0 Å². The molecule has 2 atom stereocenters. The smallest absolute Gasteiger partial charge is 0.161 e. The van der Waals surface area contributed by atoms with Crippen LogP contribution in [0.2, 0.25) is 5.02 Å². The highest BCUT2D eigenvalue weighted by Crippen LogP contribution is 2.32. The minimum absolute atomic E-state index is 0.0585. The van der Waals surface area contributed by atoms with Crippen molar-refractivity contribution in [2.75, 3.05) is 6.61 Å². The number of nitrogens with two attached hydrogens (primary N) is 1. The zero-order valence-corrected chi connectivity index (χ0v) is 12.2. The van der Waals surface area contributed by atoms with Crippen LogP contribution in [-0.4, -0.2) is 18.8 Å². The van der Waals surface area contributed by atoms with E-state index < -0.39 is 0 Å². The minimum atomic E-state index is -0.149. The standard InChI is InChI=1S/C16H17ClN2O2/c17-12-5-3-4-11(8-12)9-13(19-18)16-10-20-14-6-1-2-7-15(14)21-16/h1-8,13,16,19H,9-10,18H2. The monoisotopic (exact) mass is 304 g/mol. The van der Waals surface area contributed by atoms with E-state index >= 15 is 0 Å². The van der Waals surface area contributed by atoms with Crippen molar-refractivity contribution in [3.8, 4) is 11.5 Å². The van der Waals surface area contributed by atoms with Gasteiger partial charge in [-0.15, -0.1) is 0 Å². The van der Waals surface area contributed by atoms with E-state index in [1.807, 2.05) is 48.5 Å². The third kappa shape index (κ3) is 3.29. The van der Waals surface area contributed by atoms with Crippen LogP contribution in [0, 0.1) is 0 Å². The van der Waals surface area contributed by atoms with Crippen LogP contribution < -0.4 is 20.7 Å². The third-order valence-electron chi connectivity index (χ3n) is 3.54. The fourth-order valence-electron chi connectivity index (χ4n) is 2.45. The number of ether oxygens (including phenoxy) is 2. The molecular formula is C16H17ClN2O2. The molecule has 2 aromatic carbocycles. The van der Waals surface area contributed by atoms with Gasteiger partial charge in [0.15, 0.2) is 11.5 Å². The molecule has 110 valence electrons. The first-order valence-electron chi connectivity index (χ1n) is 6.85. The summed E-state index contributed by atoms with van der Waals surface area (Å²) in [6, 6.07) is 15.3. The summed E-state index contributed by atoms with van der Waals surface area (Å²) in [5.41, 5.74) is 3.93. The highest BCUT2D eigenvalue weighted by atomic mass is 35.5.